The lowest BCUT2D eigenvalue weighted by Crippen LogP contribution is -2.25. The summed E-state index contributed by atoms with van der Waals surface area (Å²) in [4.78, 5) is 8.20. The van der Waals surface area contributed by atoms with Gasteiger partial charge >= 0.3 is 0 Å². The smallest absolute Gasteiger partial charge is 0.133 e. The van der Waals surface area contributed by atoms with Crippen LogP contribution in [0, 0.1) is 0 Å². The first-order chi connectivity index (χ1) is 9.22. The van der Waals surface area contributed by atoms with Crippen molar-refractivity contribution < 1.29 is 0 Å². The molecule has 4 heteroatoms. The van der Waals surface area contributed by atoms with E-state index < -0.39 is 0 Å². The predicted octanol–water partition coefficient (Wildman–Crippen LogP) is 3.10. The van der Waals surface area contributed by atoms with E-state index in [1.54, 1.807) is 0 Å². The molecule has 0 fully saturated rings. The number of nitrogens with zero attached hydrogens (tertiary/aromatic N) is 2. The molecule has 0 aliphatic rings. The number of pyridine rings is 1. The van der Waals surface area contributed by atoms with Crippen molar-refractivity contribution in [2.75, 3.05) is 25.5 Å². The third kappa shape index (κ3) is 3.55. The highest BCUT2D eigenvalue weighted by Gasteiger charge is 2.13. The Morgan fingerprint density at radius 2 is 2.21 bits per heavy atom. The molecule has 1 N–H and O–H groups in total. The fraction of sp³-hybridized carbons (Fsp3) is 0.400. The normalized spacial score (nSPS) is 12.4. The van der Waals surface area contributed by atoms with Crippen molar-refractivity contribution >= 4 is 17.2 Å². The minimum atomic E-state index is 0.313. The van der Waals surface area contributed by atoms with E-state index in [4.69, 9.17) is 0 Å². The van der Waals surface area contributed by atoms with Crippen molar-refractivity contribution in [2.45, 2.75) is 19.4 Å². The van der Waals surface area contributed by atoms with Crippen LogP contribution in [-0.2, 0) is 6.42 Å². The summed E-state index contributed by atoms with van der Waals surface area (Å²) >= 11 is 1.82. The van der Waals surface area contributed by atoms with Crippen LogP contribution in [0.15, 0.2) is 35.8 Å². The summed E-state index contributed by atoms with van der Waals surface area (Å²) in [5, 5.41) is 5.41. The molecule has 102 valence electrons. The van der Waals surface area contributed by atoms with E-state index in [-0.39, 0.29) is 0 Å². The van der Waals surface area contributed by atoms with Gasteiger partial charge in [-0.05, 0) is 37.9 Å². The molecule has 0 bridgehead atoms. The molecule has 1 unspecified atom stereocenters. The van der Waals surface area contributed by atoms with Gasteiger partial charge in [0.15, 0.2) is 0 Å². The van der Waals surface area contributed by atoms with Crippen LogP contribution in [0.25, 0.3) is 0 Å². The Kier molecular flexibility index (Phi) is 4.93. The molecule has 2 heterocycles. The standard InChI is InChI=1S/C15H21N3S/c1-12(16-2)14-7-4-9-17-15(14)18(3)10-8-13-6-5-11-19-13/h4-7,9,11-12,16H,8,10H2,1-3H3. The Labute approximate surface area is 119 Å². The average molecular weight is 275 g/mol. The molecule has 2 aromatic heterocycles. The Bertz CT molecular complexity index is 496. The first-order valence-corrected chi connectivity index (χ1v) is 7.46. The second-order valence-corrected chi connectivity index (χ2v) is 5.71. The van der Waals surface area contributed by atoms with Crippen LogP contribution in [-0.4, -0.2) is 25.6 Å². The molecular formula is C15H21N3S. The highest BCUT2D eigenvalue weighted by Crippen LogP contribution is 2.23. The van der Waals surface area contributed by atoms with Crippen molar-refractivity contribution in [3.8, 4) is 0 Å². The maximum atomic E-state index is 4.54. The van der Waals surface area contributed by atoms with Crippen LogP contribution in [0.2, 0.25) is 0 Å². The predicted molar refractivity (Wildman–Crippen MR) is 83.0 cm³/mol. The SMILES string of the molecule is CNC(C)c1cccnc1N(C)CCc1cccs1. The summed E-state index contributed by atoms with van der Waals surface area (Å²) < 4.78 is 0. The Hall–Kier alpha value is -1.39. The summed E-state index contributed by atoms with van der Waals surface area (Å²) in [5.41, 5.74) is 1.25. The van der Waals surface area contributed by atoms with Gasteiger partial charge in [-0.25, -0.2) is 4.98 Å². The molecule has 0 radical (unpaired) electrons. The molecule has 0 spiro atoms. The van der Waals surface area contributed by atoms with Gasteiger partial charge in [0, 0.05) is 36.3 Å². The third-order valence-electron chi connectivity index (χ3n) is 3.35. The number of hydrogen-bond donors (Lipinski definition) is 1. The first-order valence-electron chi connectivity index (χ1n) is 6.58. The second-order valence-electron chi connectivity index (χ2n) is 4.68. The molecule has 2 rings (SSSR count). The molecular weight excluding hydrogens is 254 g/mol. The van der Waals surface area contributed by atoms with E-state index >= 15 is 0 Å². The van der Waals surface area contributed by atoms with Crippen molar-refractivity contribution in [3.63, 3.8) is 0 Å². The van der Waals surface area contributed by atoms with Gasteiger partial charge in [-0.15, -0.1) is 11.3 Å². The van der Waals surface area contributed by atoms with Crippen LogP contribution >= 0.6 is 11.3 Å². The molecule has 0 aliphatic carbocycles. The van der Waals surface area contributed by atoms with Crippen LogP contribution in [0.1, 0.15) is 23.4 Å². The molecule has 19 heavy (non-hydrogen) atoms. The zero-order chi connectivity index (χ0) is 13.7. The summed E-state index contributed by atoms with van der Waals surface area (Å²) in [5.74, 6) is 1.07. The Morgan fingerprint density at radius 1 is 1.37 bits per heavy atom. The molecule has 3 nitrogen and oxygen atoms in total. The van der Waals surface area contributed by atoms with E-state index in [1.807, 2.05) is 30.6 Å². The quantitative estimate of drug-likeness (QED) is 0.878. The lowest BCUT2D eigenvalue weighted by molar-refractivity contribution is 0.646. The largest absolute Gasteiger partial charge is 0.359 e. The molecule has 2 aromatic rings. The minimum Gasteiger partial charge on any atom is -0.359 e. The van der Waals surface area contributed by atoms with Crippen LogP contribution in [0.5, 0.6) is 0 Å². The van der Waals surface area contributed by atoms with Gasteiger partial charge in [0.05, 0.1) is 0 Å². The third-order valence-corrected chi connectivity index (χ3v) is 4.29. The number of anilines is 1. The summed E-state index contributed by atoms with van der Waals surface area (Å²) in [6, 6.07) is 8.75. The van der Waals surface area contributed by atoms with Crippen LogP contribution in [0.4, 0.5) is 5.82 Å². The van der Waals surface area contributed by atoms with Crippen molar-refractivity contribution in [1.29, 1.82) is 0 Å². The number of likely N-dealkylation sites (N-methyl/N-ethyl adjacent to an activating group) is 1. The zero-order valence-corrected chi connectivity index (χ0v) is 12.6. The molecule has 0 saturated carbocycles. The Morgan fingerprint density at radius 3 is 2.89 bits per heavy atom. The molecule has 1 atom stereocenters. The lowest BCUT2D eigenvalue weighted by Gasteiger charge is -2.23. The number of thiophene rings is 1. The molecule has 0 aliphatic heterocycles. The minimum absolute atomic E-state index is 0.313. The van der Waals surface area contributed by atoms with E-state index in [9.17, 15) is 0 Å². The first kappa shape index (κ1) is 14.0. The van der Waals surface area contributed by atoms with Gasteiger partial charge in [-0.1, -0.05) is 12.1 Å². The monoisotopic (exact) mass is 275 g/mol. The maximum absolute atomic E-state index is 4.54. The molecule has 0 aromatic carbocycles. The van der Waals surface area contributed by atoms with Gasteiger partial charge in [0.2, 0.25) is 0 Å². The fourth-order valence-corrected chi connectivity index (χ4v) is 2.76. The van der Waals surface area contributed by atoms with Crippen molar-refractivity contribution in [2.24, 2.45) is 0 Å². The summed E-state index contributed by atoms with van der Waals surface area (Å²) in [6.07, 6.45) is 2.93. The van der Waals surface area contributed by atoms with E-state index in [0.29, 0.717) is 6.04 Å². The van der Waals surface area contributed by atoms with Crippen LogP contribution < -0.4 is 10.2 Å². The van der Waals surface area contributed by atoms with Gasteiger partial charge in [-0.3, -0.25) is 0 Å². The summed E-state index contributed by atoms with van der Waals surface area (Å²) in [7, 11) is 4.09. The highest BCUT2D eigenvalue weighted by atomic mass is 32.1. The van der Waals surface area contributed by atoms with Gasteiger partial charge < -0.3 is 10.2 Å². The number of aromatic nitrogens is 1. The topological polar surface area (TPSA) is 28.2 Å². The second kappa shape index (κ2) is 6.68. The van der Waals surface area contributed by atoms with E-state index in [1.165, 1.54) is 10.4 Å². The molecule has 0 saturated heterocycles. The molecule has 0 amide bonds. The maximum Gasteiger partial charge on any atom is 0.133 e. The average Bonchev–Trinajstić information content (AvgIpc) is 2.97. The summed E-state index contributed by atoms with van der Waals surface area (Å²) in [6.45, 7) is 3.15. The van der Waals surface area contributed by atoms with Gasteiger partial charge in [-0.2, -0.15) is 0 Å². The van der Waals surface area contributed by atoms with Gasteiger partial charge in [0.1, 0.15) is 5.82 Å². The lowest BCUT2D eigenvalue weighted by atomic mass is 10.1. The van der Waals surface area contributed by atoms with Crippen LogP contribution in [0.3, 0.4) is 0 Å². The Balaban J connectivity index is 2.07. The number of rotatable bonds is 6. The highest BCUT2D eigenvalue weighted by molar-refractivity contribution is 7.09. The van der Waals surface area contributed by atoms with E-state index in [0.717, 1.165) is 18.8 Å². The zero-order valence-electron chi connectivity index (χ0n) is 11.8. The van der Waals surface area contributed by atoms with E-state index in [2.05, 4.69) is 52.8 Å². The van der Waals surface area contributed by atoms with Crippen molar-refractivity contribution in [1.82, 2.24) is 10.3 Å². The number of nitrogens with one attached hydrogen (secondary N) is 1. The van der Waals surface area contributed by atoms with Crippen molar-refractivity contribution in [3.05, 3.63) is 46.3 Å². The fourth-order valence-electron chi connectivity index (χ4n) is 2.06. The van der Waals surface area contributed by atoms with Gasteiger partial charge in [0.25, 0.3) is 0 Å². The number of hydrogen-bond acceptors (Lipinski definition) is 4.